The average molecular weight is 263 g/mol. The van der Waals surface area contributed by atoms with Gasteiger partial charge in [0.1, 0.15) is 0 Å². The molecule has 0 amide bonds. The molecule has 4 nitrogen and oxygen atoms in total. The first kappa shape index (κ1) is 13.5. The summed E-state index contributed by atoms with van der Waals surface area (Å²) in [6, 6.07) is 4.90. The third-order valence-electron chi connectivity index (χ3n) is 2.98. The van der Waals surface area contributed by atoms with Crippen LogP contribution < -0.4 is 11.1 Å². The zero-order valence-corrected chi connectivity index (χ0v) is 10.9. The number of nitrogens with two attached hydrogens (primary N) is 1. The molecule has 0 saturated carbocycles. The predicted molar refractivity (Wildman–Crippen MR) is 75.5 cm³/mol. The summed E-state index contributed by atoms with van der Waals surface area (Å²) in [6.45, 7) is 2.32. The fourth-order valence-electron chi connectivity index (χ4n) is 2.02. The van der Waals surface area contributed by atoms with Crippen molar-refractivity contribution in [2.24, 2.45) is 0 Å². The van der Waals surface area contributed by atoms with Gasteiger partial charge in [-0.3, -0.25) is 4.98 Å². The zero-order valence-electron chi connectivity index (χ0n) is 10.9. The molecule has 0 bridgehead atoms. The quantitative estimate of drug-likeness (QED) is 0.572. The summed E-state index contributed by atoms with van der Waals surface area (Å²) in [4.78, 5) is 4.18. The molecular weight excluding hydrogens is 245 g/mol. The van der Waals surface area contributed by atoms with Crippen molar-refractivity contribution in [1.82, 2.24) is 4.98 Å². The molecule has 0 aliphatic carbocycles. The summed E-state index contributed by atoms with van der Waals surface area (Å²) in [5, 5.41) is 13.0. The van der Waals surface area contributed by atoms with E-state index in [-0.39, 0.29) is 6.10 Å². The Morgan fingerprint density at radius 3 is 3.05 bits per heavy atom. The number of halogens is 1. The van der Waals surface area contributed by atoms with E-state index in [4.69, 9.17) is 5.73 Å². The molecule has 102 valence electrons. The van der Waals surface area contributed by atoms with E-state index in [0.29, 0.717) is 29.9 Å². The highest BCUT2D eigenvalue weighted by Crippen LogP contribution is 2.29. The van der Waals surface area contributed by atoms with Crippen LogP contribution in [0.4, 0.5) is 15.8 Å². The molecule has 19 heavy (non-hydrogen) atoms. The Kier molecular flexibility index (Phi) is 4.16. The molecule has 5 heteroatoms. The minimum Gasteiger partial charge on any atom is -0.398 e. The van der Waals surface area contributed by atoms with Crippen molar-refractivity contribution >= 4 is 22.3 Å². The number of nitrogens with one attached hydrogen (secondary N) is 1. The molecule has 0 aliphatic heterocycles. The number of benzene rings is 1. The summed E-state index contributed by atoms with van der Waals surface area (Å²) in [6.07, 6.45) is 2.71. The molecule has 2 aromatic rings. The molecule has 1 unspecified atom stereocenters. The topological polar surface area (TPSA) is 71.2 Å². The van der Waals surface area contributed by atoms with Crippen LogP contribution >= 0.6 is 0 Å². The highest BCUT2D eigenvalue weighted by molar-refractivity contribution is 5.98. The normalized spacial score (nSPS) is 12.6. The number of hydrogen-bond acceptors (Lipinski definition) is 4. The highest BCUT2D eigenvalue weighted by atomic mass is 19.1. The van der Waals surface area contributed by atoms with Gasteiger partial charge in [0.05, 0.1) is 17.3 Å². The van der Waals surface area contributed by atoms with E-state index in [9.17, 15) is 9.50 Å². The van der Waals surface area contributed by atoms with Gasteiger partial charge in [0, 0.05) is 23.8 Å². The second kappa shape index (κ2) is 5.84. The largest absolute Gasteiger partial charge is 0.398 e. The first-order chi connectivity index (χ1) is 9.09. The van der Waals surface area contributed by atoms with E-state index in [2.05, 4.69) is 10.3 Å². The Bertz CT molecular complexity index is 572. The first-order valence-corrected chi connectivity index (χ1v) is 6.34. The summed E-state index contributed by atoms with van der Waals surface area (Å²) in [5.41, 5.74) is 7.07. The number of aliphatic hydroxyl groups is 1. The lowest BCUT2D eigenvalue weighted by Gasteiger charge is -2.12. The Hall–Kier alpha value is -1.88. The van der Waals surface area contributed by atoms with Gasteiger partial charge in [0.25, 0.3) is 0 Å². The van der Waals surface area contributed by atoms with Crippen molar-refractivity contribution < 1.29 is 9.50 Å². The molecule has 4 N–H and O–H groups in total. The second-order valence-corrected chi connectivity index (χ2v) is 4.64. The molecule has 0 fully saturated rings. The molecule has 1 heterocycles. The molecule has 0 spiro atoms. The minimum absolute atomic E-state index is 0.340. The van der Waals surface area contributed by atoms with E-state index in [1.165, 1.54) is 6.07 Å². The van der Waals surface area contributed by atoms with E-state index in [0.717, 1.165) is 11.8 Å². The Morgan fingerprint density at radius 2 is 2.32 bits per heavy atom. The number of rotatable bonds is 5. The summed E-state index contributed by atoms with van der Waals surface area (Å²) >= 11 is 0. The second-order valence-electron chi connectivity index (χ2n) is 4.64. The number of nitrogen functional groups attached to an aromatic ring is 1. The van der Waals surface area contributed by atoms with E-state index in [1.54, 1.807) is 19.2 Å². The van der Waals surface area contributed by atoms with Crippen molar-refractivity contribution in [3.8, 4) is 0 Å². The zero-order chi connectivity index (χ0) is 13.8. The molecule has 0 radical (unpaired) electrons. The molecule has 1 aromatic heterocycles. The van der Waals surface area contributed by atoms with Gasteiger partial charge in [-0.05, 0) is 38.0 Å². The van der Waals surface area contributed by atoms with Gasteiger partial charge in [-0.25, -0.2) is 4.39 Å². The van der Waals surface area contributed by atoms with Crippen LogP contribution in [0.3, 0.4) is 0 Å². The van der Waals surface area contributed by atoms with Crippen LogP contribution in [0.1, 0.15) is 19.8 Å². The maximum absolute atomic E-state index is 13.9. The highest BCUT2D eigenvalue weighted by Gasteiger charge is 2.11. The van der Waals surface area contributed by atoms with Crippen molar-refractivity contribution in [3.05, 3.63) is 30.2 Å². The maximum atomic E-state index is 13.9. The predicted octanol–water partition coefficient (Wildman–Crippen LogP) is 2.53. The number of nitrogens with zero attached hydrogens (tertiary/aromatic N) is 1. The van der Waals surface area contributed by atoms with Gasteiger partial charge in [0.2, 0.25) is 0 Å². The van der Waals surface area contributed by atoms with Crippen molar-refractivity contribution in [2.45, 2.75) is 25.9 Å². The number of aliphatic hydroxyl groups excluding tert-OH is 1. The van der Waals surface area contributed by atoms with Crippen LogP contribution in [-0.4, -0.2) is 22.7 Å². The maximum Gasteiger partial charge on any atom is 0.150 e. The Morgan fingerprint density at radius 1 is 1.53 bits per heavy atom. The number of pyridine rings is 1. The van der Waals surface area contributed by atoms with Gasteiger partial charge in [-0.2, -0.15) is 0 Å². The summed E-state index contributed by atoms with van der Waals surface area (Å²) in [7, 11) is 0. The smallest absolute Gasteiger partial charge is 0.150 e. The Labute approximate surface area is 111 Å². The lowest BCUT2D eigenvalue weighted by Crippen LogP contribution is -2.08. The van der Waals surface area contributed by atoms with Gasteiger partial charge >= 0.3 is 0 Å². The van der Waals surface area contributed by atoms with Crippen LogP contribution in [0.15, 0.2) is 24.4 Å². The van der Waals surface area contributed by atoms with Gasteiger partial charge in [-0.15, -0.1) is 0 Å². The molecule has 0 saturated heterocycles. The summed E-state index contributed by atoms with van der Waals surface area (Å²) in [5.74, 6) is -0.402. The Balaban J connectivity index is 2.22. The van der Waals surface area contributed by atoms with E-state index in [1.807, 2.05) is 6.07 Å². The van der Waals surface area contributed by atoms with E-state index >= 15 is 0 Å². The van der Waals surface area contributed by atoms with Crippen molar-refractivity contribution in [1.29, 1.82) is 0 Å². The lowest BCUT2D eigenvalue weighted by molar-refractivity contribution is 0.183. The fraction of sp³-hybridized carbons (Fsp3) is 0.357. The van der Waals surface area contributed by atoms with Gasteiger partial charge < -0.3 is 16.2 Å². The van der Waals surface area contributed by atoms with Crippen LogP contribution in [0, 0.1) is 5.82 Å². The van der Waals surface area contributed by atoms with Gasteiger partial charge in [-0.1, -0.05) is 0 Å². The molecule has 2 rings (SSSR count). The van der Waals surface area contributed by atoms with Crippen LogP contribution in [-0.2, 0) is 0 Å². The number of aromatic nitrogens is 1. The monoisotopic (exact) mass is 263 g/mol. The number of fused-ring (bicyclic) bond motifs is 1. The molecule has 1 atom stereocenters. The fourth-order valence-corrected chi connectivity index (χ4v) is 2.02. The molecule has 1 aromatic carbocycles. The van der Waals surface area contributed by atoms with E-state index < -0.39 is 5.82 Å². The SMILES string of the molecule is CC(O)CCCNc1c(F)cc(N)c2cccnc12. The standard InChI is InChI=1S/C14H18FN3O/c1-9(19)4-2-6-18-14-11(15)8-12(16)10-5-3-7-17-13(10)14/h3,5,7-9,18-19H,2,4,6,16H2,1H3. The average Bonchev–Trinajstić information content (AvgIpc) is 2.37. The molecule has 0 aliphatic rings. The number of hydrogen-bond donors (Lipinski definition) is 3. The van der Waals surface area contributed by atoms with Crippen LogP contribution in [0.2, 0.25) is 0 Å². The van der Waals surface area contributed by atoms with Crippen molar-refractivity contribution in [3.63, 3.8) is 0 Å². The summed E-state index contributed by atoms with van der Waals surface area (Å²) < 4.78 is 13.9. The van der Waals surface area contributed by atoms with Crippen molar-refractivity contribution in [2.75, 3.05) is 17.6 Å². The number of anilines is 2. The molecular formula is C14H18FN3O. The third kappa shape index (κ3) is 3.12. The first-order valence-electron chi connectivity index (χ1n) is 6.34. The minimum atomic E-state index is -0.402. The third-order valence-corrected chi connectivity index (χ3v) is 2.98. The van der Waals surface area contributed by atoms with Crippen LogP contribution in [0.5, 0.6) is 0 Å². The van der Waals surface area contributed by atoms with Crippen LogP contribution in [0.25, 0.3) is 10.9 Å². The lowest BCUT2D eigenvalue weighted by atomic mass is 10.1. The van der Waals surface area contributed by atoms with Gasteiger partial charge in [0.15, 0.2) is 5.82 Å².